The number of anilines is 2. The molecule has 0 atom stereocenters. The number of aryl methyl sites for hydroxylation is 2. The smallest absolute Gasteiger partial charge is 0.292 e. The van der Waals surface area contributed by atoms with Crippen molar-refractivity contribution in [3.05, 3.63) is 145 Å². The fourth-order valence-corrected chi connectivity index (χ4v) is 13.4. The van der Waals surface area contributed by atoms with E-state index in [4.69, 9.17) is 4.52 Å². The van der Waals surface area contributed by atoms with Gasteiger partial charge in [0.15, 0.2) is 0 Å². The van der Waals surface area contributed by atoms with Crippen LogP contribution in [0.1, 0.15) is 11.1 Å². The predicted octanol–water partition coefficient (Wildman–Crippen LogP) is 8.99. The van der Waals surface area contributed by atoms with Crippen LogP contribution in [0, 0.1) is 13.8 Å². The van der Waals surface area contributed by atoms with Gasteiger partial charge >= 0.3 is 7.67 Å². The maximum atomic E-state index is 16.1. The van der Waals surface area contributed by atoms with Gasteiger partial charge in [-0.3, -0.25) is 4.52 Å². The third kappa shape index (κ3) is 4.95. The summed E-state index contributed by atoms with van der Waals surface area (Å²) in [6.45, 7) is 6.92. The number of rotatable bonds is 7. The fourth-order valence-electron chi connectivity index (χ4n) is 6.12. The van der Waals surface area contributed by atoms with E-state index in [0.29, 0.717) is 30.1 Å². The van der Waals surface area contributed by atoms with Crippen molar-refractivity contribution in [3.8, 4) is 11.1 Å². The summed E-state index contributed by atoms with van der Waals surface area (Å²) in [5.74, 6) is 0. The fraction of sp³-hybridized carbons (Fsp3) is 0.0811. The van der Waals surface area contributed by atoms with Gasteiger partial charge in [0.2, 0.25) is 0 Å². The zero-order chi connectivity index (χ0) is 33.8. The van der Waals surface area contributed by atoms with Crippen molar-refractivity contribution in [2.24, 2.45) is 0 Å². The van der Waals surface area contributed by atoms with E-state index in [1.807, 2.05) is 62.4 Å². The third-order valence-electron chi connectivity index (χ3n) is 8.39. The van der Waals surface area contributed by atoms with E-state index in [9.17, 15) is 0 Å². The zero-order valence-electron chi connectivity index (χ0n) is 26.1. The Morgan fingerprint density at radius 3 is 1.40 bits per heavy atom. The van der Waals surface area contributed by atoms with Crippen LogP contribution >= 0.6 is 7.67 Å². The molecule has 242 valence electrons. The molecular formula is C37H31N2O6PS2. The van der Waals surface area contributed by atoms with Gasteiger partial charge in [0, 0.05) is 11.1 Å². The van der Waals surface area contributed by atoms with Crippen LogP contribution < -0.4 is 8.15 Å². The van der Waals surface area contributed by atoms with Gasteiger partial charge < -0.3 is 0 Å². The van der Waals surface area contributed by atoms with E-state index in [1.54, 1.807) is 48.5 Å². The summed E-state index contributed by atoms with van der Waals surface area (Å²) in [6.07, 6.45) is 1.31. The molecule has 1 heterocycles. The Balaban J connectivity index is 1.72. The van der Waals surface area contributed by atoms with Crippen molar-refractivity contribution >= 4 is 60.6 Å². The van der Waals surface area contributed by atoms with Gasteiger partial charge in [-0.25, -0.2) is 21.4 Å². The van der Waals surface area contributed by atoms with E-state index >= 15 is 21.4 Å². The first-order valence-electron chi connectivity index (χ1n) is 15.1. The van der Waals surface area contributed by atoms with Crippen molar-refractivity contribution in [2.45, 2.75) is 23.6 Å². The minimum Gasteiger partial charge on any atom is -0.292 e. The Labute approximate surface area is 280 Å². The Kier molecular flexibility index (Phi) is 7.80. The lowest BCUT2D eigenvalue weighted by atomic mass is 9.91. The van der Waals surface area contributed by atoms with E-state index < -0.39 is 34.3 Å². The molecule has 0 saturated carbocycles. The molecule has 0 aliphatic carbocycles. The van der Waals surface area contributed by atoms with E-state index in [2.05, 4.69) is 6.58 Å². The number of benzene rings is 6. The molecule has 0 saturated heterocycles. The van der Waals surface area contributed by atoms with Crippen LogP contribution in [-0.2, 0) is 29.1 Å². The summed E-state index contributed by atoms with van der Waals surface area (Å²) in [5.41, 5.74) is 2.45. The van der Waals surface area contributed by atoms with Crippen LogP contribution in [0.15, 0.2) is 144 Å². The molecule has 0 radical (unpaired) electrons. The highest BCUT2D eigenvalue weighted by Crippen LogP contribution is 2.68. The van der Waals surface area contributed by atoms with Crippen LogP contribution in [0.5, 0.6) is 0 Å². The SMILES string of the molecule is C=CCOP1(=O)N(S(=O)(=O)c2ccc(C)cc2)c2ccc3ccccc3c2-c2c(ccc3ccccc23)N1S(=O)(=O)c1ccc(C)cc1. The van der Waals surface area contributed by atoms with E-state index in [0.717, 1.165) is 21.9 Å². The van der Waals surface area contributed by atoms with Crippen LogP contribution in [0.4, 0.5) is 11.4 Å². The minimum absolute atomic E-state index is 0.0147. The lowest BCUT2D eigenvalue weighted by Crippen LogP contribution is -2.39. The molecule has 0 N–H and O–H groups in total. The van der Waals surface area contributed by atoms with Gasteiger partial charge in [0.05, 0.1) is 27.8 Å². The Morgan fingerprint density at radius 2 is 1.00 bits per heavy atom. The summed E-state index contributed by atoms with van der Waals surface area (Å²) < 4.78 is 83.6. The highest BCUT2D eigenvalue weighted by molar-refractivity contribution is 8.06. The van der Waals surface area contributed by atoms with Crippen molar-refractivity contribution in [1.82, 2.24) is 0 Å². The van der Waals surface area contributed by atoms with Crippen LogP contribution in [0.3, 0.4) is 0 Å². The molecular weight excluding hydrogens is 664 g/mol. The molecule has 0 unspecified atom stereocenters. The normalized spacial score (nSPS) is 14.4. The van der Waals surface area contributed by atoms with E-state index in [-0.39, 0.29) is 21.2 Å². The average Bonchev–Trinajstić information content (AvgIpc) is 3.18. The Morgan fingerprint density at radius 1 is 0.604 bits per heavy atom. The van der Waals surface area contributed by atoms with Gasteiger partial charge in [-0.1, -0.05) is 102 Å². The van der Waals surface area contributed by atoms with Gasteiger partial charge in [-0.2, -0.15) is 8.15 Å². The number of hydrogen-bond acceptors (Lipinski definition) is 6. The van der Waals surface area contributed by atoms with Gasteiger partial charge in [-0.15, -0.1) is 6.58 Å². The molecule has 0 fully saturated rings. The number of hydrogen-bond donors (Lipinski definition) is 0. The summed E-state index contributed by atoms with van der Waals surface area (Å²) in [4.78, 5) is -0.365. The minimum atomic E-state index is -5.19. The molecule has 0 amide bonds. The van der Waals surface area contributed by atoms with Crippen molar-refractivity contribution in [1.29, 1.82) is 0 Å². The second-order valence-corrected chi connectivity index (χ2v) is 17.7. The molecule has 7 rings (SSSR count). The zero-order valence-corrected chi connectivity index (χ0v) is 28.7. The second-order valence-electron chi connectivity index (χ2n) is 11.6. The Hall–Kier alpha value is -4.73. The third-order valence-corrected chi connectivity index (χ3v) is 15.8. The lowest BCUT2D eigenvalue weighted by molar-refractivity contribution is 0.354. The molecule has 6 aromatic rings. The number of sulfonamides is 2. The average molecular weight is 695 g/mol. The van der Waals surface area contributed by atoms with Crippen LogP contribution in [0.25, 0.3) is 32.7 Å². The van der Waals surface area contributed by atoms with E-state index in [1.165, 1.54) is 30.3 Å². The van der Waals surface area contributed by atoms with Gasteiger partial charge in [0.25, 0.3) is 20.0 Å². The van der Waals surface area contributed by atoms with Crippen LogP contribution in [0.2, 0.25) is 0 Å². The molecule has 0 aromatic heterocycles. The monoisotopic (exact) mass is 694 g/mol. The number of fused-ring (bicyclic) bond motifs is 7. The van der Waals surface area contributed by atoms with Crippen molar-refractivity contribution in [2.75, 3.05) is 14.8 Å². The largest absolute Gasteiger partial charge is 0.425 e. The first-order chi connectivity index (χ1) is 23.0. The molecule has 6 aromatic carbocycles. The first kappa shape index (κ1) is 31.8. The van der Waals surface area contributed by atoms with Gasteiger partial charge in [0.1, 0.15) is 0 Å². The molecule has 1 aliphatic heterocycles. The first-order valence-corrected chi connectivity index (χ1v) is 19.5. The van der Waals surface area contributed by atoms with Gasteiger partial charge in [-0.05, 0) is 71.8 Å². The predicted molar refractivity (Wildman–Crippen MR) is 192 cm³/mol. The topological polar surface area (TPSA) is 101 Å². The summed E-state index contributed by atoms with van der Waals surface area (Å²) >= 11 is 0. The standard InChI is InChI=1S/C37H31N2O6PS2/c1-4-25-45-46(40)38(47(41,42)30-19-13-26(2)14-20-30)34-23-17-28-9-5-7-11-32(28)36(34)37-33-12-8-6-10-29(33)18-24-35(37)39(46)48(43,44)31-21-15-27(3)16-22-31/h4-24H,1,25H2,2-3H3. The molecule has 0 spiro atoms. The maximum Gasteiger partial charge on any atom is 0.425 e. The highest BCUT2D eigenvalue weighted by Gasteiger charge is 2.55. The lowest BCUT2D eigenvalue weighted by Gasteiger charge is -2.37. The second kappa shape index (κ2) is 11.8. The molecule has 11 heteroatoms. The molecule has 0 bridgehead atoms. The number of nitrogens with zero attached hydrogens (tertiary/aromatic N) is 2. The molecule has 8 nitrogen and oxygen atoms in total. The summed E-state index contributed by atoms with van der Waals surface area (Å²) in [6, 6.07) is 33.6. The van der Waals surface area contributed by atoms with Crippen molar-refractivity contribution < 1.29 is 25.9 Å². The Bertz CT molecular complexity index is 2350. The maximum absolute atomic E-state index is 16.1. The summed E-state index contributed by atoms with van der Waals surface area (Å²) in [7, 11) is -14.7. The summed E-state index contributed by atoms with van der Waals surface area (Å²) in [5, 5.41) is 2.84. The van der Waals surface area contributed by atoms with Crippen molar-refractivity contribution in [3.63, 3.8) is 0 Å². The van der Waals surface area contributed by atoms with Crippen LogP contribution in [-0.4, -0.2) is 23.4 Å². The molecule has 48 heavy (non-hydrogen) atoms. The molecule has 1 aliphatic rings. The quantitative estimate of drug-likeness (QED) is 0.122. The highest BCUT2D eigenvalue weighted by atomic mass is 32.2.